The number of aromatic nitrogens is 1. The van der Waals surface area contributed by atoms with Crippen LogP contribution in [0.15, 0.2) is 46.1 Å². The first-order chi connectivity index (χ1) is 10.6. The average molecular weight is 303 g/mol. The zero-order valence-corrected chi connectivity index (χ0v) is 12.4. The highest BCUT2D eigenvalue weighted by atomic mass is 16.6. The molecule has 0 saturated heterocycles. The van der Waals surface area contributed by atoms with Gasteiger partial charge in [-0.25, -0.2) is 0 Å². The van der Waals surface area contributed by atoms with E-state index < -0.39 is 0 Å². The van der Waals surface area contributed by atoms with Gasteiger partial charge in [-0.3, -0.25) is 15.1 Å². The van der Waals surface area contributed by atoms with E-state index in [-0.39, 0.29) is 10.6 Å². The topological polar surface area (TPSA) is 96.8 Å². The van der Waals surface area contributed by atoms with E-state index in [1.807, 2.05) is 11.9 Å². The van der Waals surface area contributed by atoms with Crippen LogP contribution in [-0.4, -0.2) is 35.0 Å². The van der Waals surface area contributed by atoms with E-state index in [4.69, 9.17) is 4.52 Å². The third-order valence-corrected chi connectivity index (χ3v) is 3.09. The number of benzene rings is 1. The van der Waals surface area contributed by atoms with Gasteiger partial charge in [0.15, 0.2) is 5.96 Å². The lowest BCUT2D eigenvalue weighted by Crippen LogP contribution is -2.38. The molecule has 0 aliphatic rings. The van der Waals surface area contributed by atoms with E-state index >= 15 is 0 Å². The Hall–Kier alpha value is -2.90. The molecule has 0 bridgehead atoms. The number of nitro benzene ring substituents is 1. The summed E-state index contributed by atoms with van der Waals surface area (Å²) >= 11 is 0. The third-order valence-electron chi connectivity index (χ3n) is 3.09. The maximum atomic E-state index is 11.0. The van der Waals surface area contributed by atoms with Crippen molar-refractivity contribution in [1.29, 1.82) is 0 Å². The van der Waals surface area contributed by atoms with Gasteiger partial charge < -0.3 is 14.7 Å². The van der Waals surface area contributed by atoms with Crippen LogP contribution in [-0.2, 0) is 13.1 Å². The van der Waals surface area contributed by atoms with Crippen LogP contribution >= 0.6 is 0 Å². The molecule has 22 heavy (non-hydrogen) atoms. The van der Waals surface area contributed by atoms with Crippen LogP contribution in [0.25, 0.3) is 0 Å². The van der Waals surface area contributed by atoms with Crippen molar-refractivity contribution >= 4 is 11.6 Å². The standard InChI is InChI=1S/C14H17N5O3/c1-15-14(18(2)10-12-7-8-22-17-12)16-9-11-5-3-4-6-13(11)19(20)21/h3-8H,9-10H2,1-2H3,(H,15,16). The SMILES string of the molecule is CN=C(NCc1ccccc1[N+](=O)[O-])N(C)Cc1ccon1. The minimum atomic E-state index is -0.390. The number of nitrogens with one attached hydrogen (secondary N) is 1. The molecule has 0 fully saturated rings. The molecule has 0 aliphatic carbocycles. The second-order valence-electron chi connectivity index (χ2n) is 4.63. The van der Waals surface area contributed by atoms with Gasteiger partial charge in [-0.2, -0.15) is 0 Å². The summed E-state index contributed by atoms with van der Waals surface area (Å²) in [7, 11) is 3.50. The van der Waals surface area contributed by atoms with E-state index in [2.05, 4.69) is 15.5 Å². The largest absolute Gasteiger partial charge is 0.364 e. The Balaban J connectivity index is 2.01. The number of nitro groups is 1. The molecule has 0 unspecified atom stereocenters. The first-order valence-electron chi connectivity index (χ1n) is 6.65. The number of hydrogen-bond donors (Lipinski definition) is 1. The number of nitrogens with zero attached hydrogens (tertiary/aromatic N) is 4. The first-order valence-corrected chi connectivity index (χ1v) is 6.65. The van der Waals surface area contributed by atoms with Crippen molar-refractivity contribution in [3.8, 4) is 0 Å². The highest BCUT2D eigenvalue weighted by Crippen LogP contribution is 2.17. The minimum absolute atomic E-state index is 0.0876. The fourth-order valence-corrected chi connectivity index (χ4v) is 2.03. The van der Waals surface area contributed by atoms with E-state index in [0.717, 1.165) is 5.69 Å². The summed E-state index contributed by atoms with van der Waals surface area (Å²) in [5, 5.41) is 17.9. The summed E-state index contributed by atoms with van der Waals surface area (Å²) in [6.07, 6.45) is 1.51. The summed E-state index contributed by atoms with van der Waals surface area (Å²) in [5.41, 5.74) is 1.46. The average Bonchev–Trinajstić information content (AvgIpc) is 3.01. The molecule has 8 nitrogen and oxygen atoms in total. The predicted molar refractivity (Wildman–Crippen MR) is 81.3 cm³/mol. The Labute approximate surface area is 127 Å². The highest BCUT2D eigenvalue weighted by Gasteiger charge is 2.14. The van der Waals surface area contributed by atoms with Gasteiger partial charge in [0, 0.05) is 38.3 Å². The molecule has 0 aliphatic heterocycles. The quantitative estimate of drug-likeness (QED) is 0.391. The lowest BCUT2D eigenvalue weighted by atomic mass is 10.2. The highest BCUT2D eigenvalue weighted by molar-refractivity contribution is 5.79. The molecule has 0 amide bonds. The molecular formula is C14H17N5O3. The maximum Gasteiger partial charge on any atom is 0.274 e. The van der Waals surface area contributed by atoms with Gasteiger partial charge in [-0.15, -0.1) is 0 Å². The van der Waals surface area contributed by atoms with Crippen molar-refractivity contribution in [2.24, 2.45) is 4.99 Å². The molecular weight excluding hydrogens is 286 g/mol. The first kappa shape index (κ1) is 15.5. The number of guanidine groups is 1. The van der Waals surface area contributed by atoms with Crippen LogP contribution < -0.4 is 5.32 Å². The fraction of sp³-hybridized carbons (Fsp3) is 0.286. The van der Waals surface area contributed by atoms with Gasteiger partial charge in [0.1, 0.15) is 12.0 Å². The second kappa shape index (κ2) is 7.21. The van der Waals surface area contributed by atoms with Crippen LogP contribution in [0, 0.1) is 10.1 Å². The Bertz CT molecular complexity index is 654. The number of aliphatic imine (C=N–C) groups is 1. The zero-order valence-electron chi connectivity index (χ0n) is 12.4. The Morgan fingerprint density at radius 3 is 2.86 bits per heavy atom. The molecule has 1 aromatic heterocycles. The van der Waals surface area contributed by atoms with Crippen molar-refractivity contribution in [1.82, 2.24) is 15.4 Å². The lowest BCUT2D eigenvalue weighted by Gasteiger charge is -2.20. The maximum absolute atomic E-state index is 11.0. The van der Waals surface area contributed by atoms with Gasteiger partial charge >= 0.3 is 0 Å². The molecule has 1 N–H and O–H groups in total. The smallest absolute Gasteiger partial charge is 0.274 e. The minimum Gasteiger partial charge on any atom is -0.364 e. The molecule has 0 spiro atoms. The normalized spacial score (nSPS) is 11.3. The molecule has 0 radical (unpaired) electrons. The summed E-state index contributed by atoms with van der Waals surface area (Å²) in [6.45, 7) is 0.833. The molecule has 0 atom stereocenters. The molecule has 2 rings (SSSR count). The van der Waals surface area contributed by atoms with Crippen LogP contribution in [0.3, 0.4) is 0 Å². The summed E-state index contributed by atoms with van der Waals surface area (Å²) in [5.74, 6) is 0.612. The Kier molecular flexibility index (Phi) is 5.07. The van der Waals surface area contributed by atoms with Crippen molar-refractivity contribution in [3.05, 3.63) is 58.0 Å². The fourth-order valence-electron chi connectivity index (χ4n) is 2.03. The molecule has 116 valence electrons. The van der Waals surface area contributed by atoms with Crippen molar-refractivity contribution in [2.45, 2.75) is 13.1 Å². The summed E-state index contributed by atoms with van der Waals surface area (Å²) in [4.78, 5) is 16.6. The number of rotatable bonds is 5. The number of hydrogen-bond acceptors (Lipinski definition) is 5. The van der Waals surface area contributed by atoms with Crippen LogP contribution in [0.5, 0.6) is 0 Å². The zero-order chi connectivity index (χ0) is 15.9. The van der Waals surface area contributed by atoms with Crippen molar-refractivity contribution in [3.63, 3.8) is 0 Å². The van der Waals surface area contributed by atoms with E-state index in [1.54, 1.807) is 31.3 Å². The monoisotopic (exact) mass is 303 g/mol. The third kappa shape index (κ3) is 3.81. The lowest BCUT2D eigenvalue weighted by molar-refractivity contribution is -0.385. The Morgan fingerprint density at radius 2 is 2.23 bits per heavy atom. The van der Waals surface area contributed by atoms with Gasteiger partial charge in [0.2, 0.25) is 0 Å². The van der Waals surface area contributed by atoms with Crippen LogP contribution in [0.1, 0.15) is 11.3 Å². The van der Waals surface area contributed by atoms with Crippen molar-refractivity contribution < 1.29 is 9.45 Å². The van der Waals surface area contributed by atoms with Crippen LogP contribution in [0.2, 0.25) is 0 Å². The van der Waals surface area contributed by atoms with Crippen molar-refractivity contribution in [2.75, 3.05) is 14.1 Å². The summed E-state index contributed by atoms with van der Waals surface area (Å²) < 4.78 is 4.79. The van der Waals surface area contributed by atoms with Crippen LogP contribution in [0.4, 0.5) is 5.69 Å². The Morgan fingerprint density at radius 1 is 1.45 bits per heavy atom. The molecule has 1 aromatic carbocycles. The van der Waals surface area contributed by atoms with Gasteiger partial charge in [0.25, 0.3) is 5.69 Å². The van der Waals surface area contributed by atoms with E-state index in [9.17, 15) is 10.1 Å². The summed E-state index contributed by atoms with van der Waals surface area (Å²) in [6, 6.07) is 8.39. The van der Waals surface area contributed by atoms with E-state index in [0.29, 0.717) is 24.6 Å². The van der Waals surface area contributed by atoms with Gasteiger partial charge in [0.05, 0.1) is 11.5 Å². The molecule has 8 heteroatoms. The predicted octanol–water partition coefficient (Wildman–Crippen LogP) is 1.79. The van der Waals surface area contributed by atoms with E-state index in [1.165, 1.54) is 12.3 Å². The number of para-hydroxylation sites is 1. The molecule has 2 aromatic rings. The molecule has 1 heterocycles. The molecule has 0 saturated carbocycles. The van der Waals surface area contributed by atoms with Gasteiger partial charge in [-0.05, 0) is 0 Å². The van der Waals surface area contributed by atoms with Gasteiger partial charge in [-0.1, -0.05) is 23.4 Å². The second-order valence-corrected chi connectivity index (χ2v) is 4.63.